The van der Waals surface area contributed by atoms with Gasteiger partial charge in [-0.25, -0.2) is 0 Å². The highest BCUT2D eigenvalue weighted by Gasteiger charge is 2.33. The van der Waals surface area contributed by atoms with Crippen LogP contribution in [-0.4, -0.2) is 24.0 Å². The van der Waals surface area contributed by atoms with Crippen LogP contribution < -0.4 is 5.73 Å². The molecular weight excluding hydrogens is 253 g/mol. The van der Waals surface area contributed by atoms with E-state index in [1.165, 1.54) is 6.07 Å². The van der Waals surface area contributed by atoms with Crippen LogP contribution in [0.3, 0.4) is 0 Å². The van der Waals surface area contributed by atoms with Gasteiger partial charge in [-0.15, -0.1) is 0 Å². The van der Waals surface area contributed by atoms with Gasteiger partial charge in [0.15, 0.2) is 0 Å². The molecule has 2 N–H and O–H groups in total. The minimum atomic E-state index is -4.29. The number of nitrogens with two attached hydrogens (primary N) is 1. The van der Waals surface area contributed by atoms with Gasteiger partial charge in [-0.05, 0) is 30.5 Å². The van der Waals surface area contributed by atoms with E-state index in [9.17, 15) is 13.2 Å². The number of piperidine rings is 1. The summed E-state index contributed by atoms with van der Waals surface area (Å²) in [6.45, 7) is 3.87. The van der Waals surface area contributed by atoms with E-state index in [-0.39, 0.29) is 6.04 Å². The summed E-state index contributed by atoms with van der Waals surface area (Å²) in [4.78, 5) is 2.01. The molecule has 5 heteroatoms. The van der Waals surface area contributed by atoms with Crippen molar-refractivity contribution in [3.8, 4) is 0 Å². The molecule has 2 nitrogen and oxygen atoms in total. The average molecular weight is 272 g/mol. The predicted octanol–water partition coefficient (Wildman–Crippen LogP) is 2.87. The first-order chi connectivity index (χ1) is 8.88. The second-order valence-corrected chi connectivity index (χ2v) is 5.32. The topological polar surface area (TPSA) is 29.3 Å². The zero-order chi connectivity index (χ0) is 14.0. The fraction of sp³-hybridized carbons (Fsp3) is 0.571. The highest BCUT2D eigenvalue weighted by Crippen LogP contribution is 2.32. The van der Waals surface area contributed by atoms with Crippen LogP contribution in [0, 0.1) is 5.92 Å². The van der Waals surface area contributed by atoms with Crippen LogP contribution in [0.4, 0.5) is 13.2 Å². The molecule has 2 rings (SSSR count). The highest BCUT2D eigenvalue weighted by atomic mass is 19.4. The molecule has 0 amide bonds. The fourth-order valence-electron chi connectivity index (χ4n) is 2.49. The number of nitrogens with zero attached hydrogens (tertiary/aromatic N) is 1. The zero-order valence-electron chi connectivity index (χ0n) is 11.0. The Morgan fingerprint density at radius 3 is 2.63 bits per heavy atom. The molecule has 0 saturated carbocycles. The minimum Gasteiger partial charge on any atom is -0.326 e. The van der Waals surface area contributed by atoms with Gasteiger partial charge in [0, 0.05) is 19.1 Å². The lowest BCUT2D eigenvalue weighted by molar-refractivity contribution is -0.138. The Hall–Kier alpha value is -1.07. The van der Waals surface area contributed by atoms with Crippen molar-refractivity contribution in [2.45, 2.75) is 32.1 Å². The van der Waals surface area contributed by atoms with Crippen molar-refractivity contribution in [2.75, 3.05) is 13.1 Å². The number of hydrogen-bond acceptors (Lipinski definition) is 2. The summed E-state index contributed by atoms with van der Waals surface area (Å²) in [6, 6.07) is 5.81. The summed E-state index contributed by atoms with van der Waals surface area (Å²) in [5, 5.41) is 0. The van der Waals surface area contributed by atoms with Crippen LogP contribution in [0.15, 0.2) is 24.3 Å². The number of benzene rings is 1. The first-order valence-electron chi connectivity index (χ1n) is 6.51. The van der Waals surface area contributed by atoms with Gasteiger partial charge in [0.25, 0.3) is 0 Å². The van der Waals surface area contributed by atoms with Gasteiger partial charge in [-0.3, -0.25) is 4.90 Å². The Labute approximate surface area is 111 Å². The Morgan fingerprint density at radius 1 is 1.32 bits per heavy atom. The Balaban J connectivity index is 2.12. The van der Waals surface area contributed by atoms with E-state index >= 15 is 0 Å². The summed E-state index contributed by atoms with van der Waals surface area (Å²) in [5.74, 6) is 0.439. The van der Waals surface area contributed by atoms with Gasteiger partial charge in [-0.2, -0.15) is 13.2 Å². The first kappa shape index (κ1) is 14.3. The Kier molecular flexibility index (Phi) is 4.16. The molecule has 1 fully saturated rings. The van der Waals surface area contributed by atoms with E-state index in [0.717, 1.165) is 19.0 Å². The van der Waals surface area contributed by atoms with Gasteiger partial charge in [0.2, 0.25) is 0 Å². The standard InChI is InChI=1S/C14H19F3N2/c1-10-6-7-19(9-13(10)18)8-11-4-2-3-5-12(11)14(15,16)17/h2-5,10,13H,6-9,18H2,1H3. The maximum absolute atomic E-state index is 12.9. The lowest BCUT2D eigenvalue weighted by atomic mass is 9.93. The number of likely N-dealkylation sites (tertiary alicyclic amines) is 1. The van der Waals surface area contributed by atoms with Crippen molar-refractivity contribution in [1.82, 2.24) is 4.90 Å². The van der Waals surface area contributed by atoms with Gasteiger partial charge in [0.1, 0.15) is 0 Å². The quantitative estimate of drug-likeness (QED) is 0.897. The maximum atomic E-state index is 12.9. The molecule has 0 aromatic heterocycles. The summed E-state index contributed by atoms with van der Waals surface area (Å²) in [6.07, 6.45) is -3.35. The minimum absolute atomic E-state index is 0.0480. The van der Waals surface area contributed by atoms with E-state index in [4.69, 9.17) is 5.73 Å². The number of alkyl halides is 3. The second-order valence-electron chi connectivity index (χ2n) is 5.32. The molecule has 1 aromatic carbocycles. The molecule has 1 saturated heterocycles. The molecule has 1 heterocycles. The van der Waals surface area contributed by atoms with Crippen molar-refractivity contribution in [3.05, 3.63) is 35.4 Å². The van der Waals surface area contributed by atoms with Crippen LogP contribution in [0.1, 0.15) is 24.5 Å². The van der Waals surface area contributed by atoms with E-state index in [1.54, 1.807) is 12.1 Å². The average Bonchev–Trinajstić information content (AvgIpc) is 2.33. The molecule has 106 valence electrons. The number of rotatable bonds is 2. The monoisotopic (exact) mass is 272 g/mol. The lowest BCUT2D eigenvalue weighted by Crippen LogP contribution is -2.47. The van der Waals surface area contributed by atoms with Gasteiger partial charge in [0.05, 0.1) is 5.56 Å². The van der Waals surface area contributed by atoms with Crippen molar-refractivity contribution in [2.24, 2.45) is 11.7 Å². The number of halogens is 3. The normalized spacial score (nSPS) is 25.5. The Morgan fingerprint density at radius 2 is 2.00 bits per heavy atom. The summed E-state index contributed by atoms with van der Waals surface area (Å²) in [5.41, 5.74) is 5.77. The van der Waals surface area contributed by atoms with Gasteiger partial charge in [-0.1, -0.05) is 25.1 Å². The highest BCUT2D eigenvalue weighted by molar-refractivity contribution is 5.29. The SMILES string of the molecule is CC1CCN(Cc2ccccc2C(F)(F)F)CC1N. The molecule has 1 aromatic rings. The van der Waals surface area contributed by atoms with E-state index < -0.39 is 11.7 Å². The van der Waals surface area contributed by atoms with Crippen molar-refractivity contribution in [3.63, 3.8) is 0 Å². The third kappa shape index (κ3) is 3.48. The van der Waals surface area contributed by atoms with Crippen LogP contribution in [-0.2, 0) is 12.7 Å². The predicted molar refractivity (Wildman–Crippen MR) is 68.5 cm³/mol. The molecule has 0 aliphatic carbocycles. The van der Waals surface area contributed by atoms with Crippen LogP contribution in [0.2, 0.25) is 0 Å². The molecule has 0 spiro atoms. The fourth-order valence-corrected chi connectivity index (χ4v) is 2.49. The molecular formula is C14H19F3N2. The molecule has 19 heavy (non-hydrogen) atoms. The third-order valence-electron chi connectivity index (χ3n) is 3.82. The maximum Gasteiger partial charge on any atom is 0.416 e. The van der Waals surface area contributed by atoms with Crippen molar-refractivity contribution < 1.29 is 13.2 Å². The molecule has 1 aliphatic heterocycles. The molecule has 0 radical (unpaired) electrons. The van der Waals surface area contributed by atoms with Gasteiger partial charge >= 0.3 is 6.18 Å². The van der Waals surface area contributed by atoms with Gasteiger partial charge < -0.3 is 5.73 Å². The van der Waals surface area contributed by atoms with Crippen LogP contribution in [0.25, 0.3) is 0 Å². The molecule has 2 unspecified atom stereocenters. The smallest absolute Gasteiger partial charge is 0.326 e. The summed E-state index contributed by atoms with van der Waals surface area (Å²) >= 11 is 0. The second kappa shape index (κ2) is 5.51. The number of hydrogen-bond donors (Lipinski definition) is 1. The lowest BCUT2D eigenvalue weighted by Gasteiger charge is -2.35. The van der Waals surface area contributed by atoms with Crippen LogP contribution in [0.5, 0.6) is 0 Å². The molecule has 1 aliphatic rings. The molecule has 0 bridgehead atoms. The molecule has 2 atom stereocenters. The third-order valence-corrected chi connectivity index (χ3v) is 3.82. The van der Waals surface area contributed by atoms with Crippen molar-refractivity contribution >= 4 is 0 Å². The largest absolute Gasteiger partial charge is 0.416 e. The van der Waals surface area contributed by atoms with E-state index in [2.05, 4.69) is 6.92 Å². The zero-order valence-corrected chi connectivity index (χ0v) is 11.0. The van der Waals surface area contributed by atoms with E-state index in [0.29, 0.717) is 24.6 Å². The Bertz CT molecular complexity index is 431. The first-order valence-corrected chi connectivity index (χ1v) is 6.51. The van der Waals surface area contributed by atoms with E-state index in [1.807, 2.05) is 4.90 Å². The van der Waals surface area contributed by atoms with Crippen molar-refractivity contribution in [1.29, 1.82) is 0 Å². The van der Waals surface area contributed by atoms with Crippen LogP contribution >= 0.6 is 0 Å². The summed E-state index contributed by atoms with van der Waals surface area (Å²) < 4.78 is 38.7. The summed E-state index contributed by atoms with van der Waals surface area (Å²) in [7, 11) is 0.